The molecule has 4 nitrogen and oxygen atoms in total. The first-order chi connectivity index (χ1) is 12.7. The number of halogens is 1. The highest BCUT2D eigenvalue weighted by Crippen LogP contribution is 2.33. The van der Waals surface area contributed by atoms with Gasteiger partial charge in [-0.1, -0.05) is 18.2 Å². The van der Waals surface area contributed by atoms with Gasteiger partial charge in [-0.05, 0) is 37.1 Å². The summed E-state index contributed by atoms with van der Waals surface area (Å²) in [4.78, 5) is 19.1. The van der Waals surface area contributed by atoms with Crippen LogP contribution in [-0.2, 0) is 4.79 Å². The zero-order valence-electron chi connectivity index (χ0n) is 14.2. The van der Waals surface area contributed by atoms with E-state index in [-0.39, 0.29) is 24.2 Å². The van der Waals surface area contributed by atoms with Crippen LogP contribution in [0.3, 0.4) is 0 Å². The number of carbonyl (C=O) groups is 1. The van der Waals surface area contributed by atoms with Gasteiger partial charge < -0.3 is 9.64 Å². The molecule has 4 rings (SSSR count). The molecule has 0 unspecified atom stereocenters. The molecule has 134 valence electrons. The van der Waals surface area contributed by atoms with Gasteiger partial charge in [-0.2, -0.15) is 0 Å². The number of carbonyl (C=O) groups excluding carboxylic acids is 1. The number of hydrogen-bond donors (Lipinski definition) is 0. The third-order valence-corrected chi connectivity index (χ3v) is 5.79. The Bertz CT molecular complexity index is 894. The molecule has 1 aliphatic rings. The molecule has 2 aromatic carbocycles. The number of rotatable bonds is 4. The molecule has 1 amide bonds. The molecule has 0 bridgehead atoms. The van der Waals surface area contributed by atoms with Crippen LogP contribution in [0.4, 0.5) is 4.39 Å². The molecule has 1 saturated heterocycles. The van der Waals surface area contributed by atoms with Crippen LogP contribution in [0.25, 0.3) is 10.2 Å². The van der Waals surface area contributed by atoms with E-state index in [9.17, 15) is 9.18 Å². The third kappa shape index (κ3) is 3.70. The predicted octanol–water partition coefficient (Wildman–Crippen LogP) is 4.22. The van der Waals surface area contributed by atoms with Gasteiger partial charge in [0, 0.05) is 25.1 Å². The van der Waals surface area contributed by atoms with Crippen molar-refractivity contribution in [3.8, 4) is 5.75 Å². The van der Waals surface area contributed by atoms with Crippen LogP contribution >= 0.6 is 11.3 Å². The van der Waals surface area contributed by atoms with Gasteiger partial charge in [0.15, 0.2) is 6.61 Å². The summed E-state index contributed by atoms with van der Waals surface area (Å²) in [6.45, 7) is 1.31. The van der Waals surface area contributed by atoms with Crippen LogP contribution in [0.1, 0.15) is 23.8 Å². The third-order valence-electron chi connectivity index (χ3n) is 4.59. The highest BCUT2D eigenvalue weighted by Gasteiger charge is 2.27. The van der Waals surface area contributed by atoms with Crippen molar-refractivity contribution in [2.24, 2.45) is 0 Å². The average Bonchev–Trinajstić information content (AvgIpc) is 3.10. The molecule has 1 fully saturated rings. The Balaban J connectivity index is 1.40. The lowest BCUT2D eigenvalue weighted by atomic mass is 9.99. The van der Waals surface area contributed by atoms with E-state index in [1.165, 1.54) is 16.8 Å². The summed E-state index contributed by atoms with van der Waals surface area (Å²) in [6, 6.07) is 14.0. The maximum absolute atomic E-state index is 13.2. The van der Waals surface area contributed by atoms with Crippen molar-refractivity contribution < 1.29 is 13.9 Å². The maximum Gasteiger partial charge on any atom is 0.260 e. The van der Waals surface area contributed by atoms with Gasteiger partial charge in [0.1, 0.15) is 11.6 Å². The number of hydrogen-bond acceptors (Lipinski definition) is 4. The minimum absolute atomic E-state index is 0.0694. The summed E-state index contributed by atoms with van der Waals surface area (Å²) in [5.41, 5.74) is 1.02. The van der Waals surface area contributed by atoms with Crippen molar-refractivity contribution >= 4 is 27.5 Å². The van der Waals surface area contributed by atoms with Crippen LogP contribution in [-0.4, -0.2) is 35.5 Å². The van der Waals surface area contributed by atoms with Gasteiger partial charge >= 0.3 is 0 Å². The van der Waals surface area contributed by atoms with Crippen molar-refractivity contribution in [3.63, 3.8) is 0 Å². The maximum atomic E-state index is 13.2. The summed E-state index contributed by atoms with van der Waals surface area (Å²) in [7, 11) is 0. The smallest absolute Gasteiger partial charge is 0.260 e. The molecule has 3 aromatic rings. The second-order valence-corrected chi connectivity index (χ2v) is 7.51. The van der Waals surface area contributed by atoms with E-state index in [1.54, 1.807) is 23.5 Å². The SMILES string of the molecule is O=C(COc1cccc(F)c1)N1CCC[C@@H](c2nc3ccccc3s2)C1. The van der Waals surface area contributed by atoms with Crippen molar-refractivity contribution in [2.45, 2.75) is 18.8 Å². The van der Waals surface area contributed by atoms with E-state index in [0.29, 0.717) is 12.3 Å². The molecular formula is C20H19FN2O2S. The first-order valence-corrected chi connectivity index (χ1v) is 9.52. The molecular weight excluding hydrogens is 351 g/mol. The number of para-hydroxylation sites is 1. The van der Waals surface area contributed by atoms with E-state index < -0.39 is 0 Å². The number of fused-ring (bicyclic) bond motifs is 1. The summed E-state index contributed by atoms with van der Waals surface area (Å²) < 4.78 is 19.8. The first-order valence-electron chi connectivity index (χ1n) is 8.70. The summed E-state index contributed by atoms with van der Waals surface area (Å²) in [6.07, 6.45) is 1.99. The number of amides is 1. The zero-order chi connectivity index (χ0) is 17.9. The normalized spacial score (nSPS) is 17.4. The Morgan fingerprint density at radius 1 is 1.27 bits per heavy atom. The monoisotopic (exact) mass is 370 g/mol. The number of likely N-dealkylation sites (tertiary alicyclic amines) is 1. The second kappa shape index (κ2) is 7.41. The molecule has 1 aromatic heterocycles. The highest BCUT2D eigenvalue weighted by atomic mass is 32.1. The lowest BCUT2D eigenvalue weighted by Crippen LogP contribution is -2.41. The molecule has 0 aliphatic carbocycles. The largest absolute Gasteiger partial charge is 0.484 e. The molecule has 1 atom stereocenters. The lowest BCUT2D eigenvalue weighted by molar-refractivity contribution is -0.134. The van der Waals surface area contributed by atoms with Crippen LogP contribution in [0, 0.1) is 5.82 Å². The fourth-order valence-electron chi connectivity index (χ4n) is 3.26. The Kier molecular flexibility index (Phi) is 4.84. The van der Waals surface area contributed by atoms with Crippen molar-refractivity contribution in [2.75, 3.05) is 19.7 Å². The summed E-state index contributed by atoms with van der Waals surface area (Å²) in [5, 5.41) is 1.09. The van der Waals surface area contributed by atoms with E-state index in [4.69, 9.17) is 9.72 Å². The predicted molar refractivity (Wildman–Crippen MR) is 100 cm³/mol. The summed E-state index contributed by atoms with van der Waals surface area (Å²) in [5.74, 6) is 0.196. The number of ether oxygens (including phenoxy) is 1. The zero-order valence-corrected chi connectivity index (χ0v) is 15.0. The molecule has 1 aliphatic heterocycles. The Morgan fingerprint density at radius 3 is 3.00 bits per heavy atom. The molecule has 2 heterocycles. The minimum Gasteiger partial charge on any atom is -0.484 e. The van der Waals surface area contributed by atoms with Gasteiger partial charge in [-0.25, -0.2) is 9.37 Å². The lowest BCUT2D eigenvalue weighted by Gasteiger charge is -2.31. The van der Waals surface area contributed by atoms with Crippen LogP contribution < -0.4 is 4.74 Å². The fraction of sp³-hybridized carbons (Fsp3) is 0.300. The van der Waals surface area contributed by atoms with Crippen molar-refractivity contribution in [3.05, 3.63) is 59.4 Å². The molecule has 0 saturated carbocycles. The van der Waals surface area contributed by atoms with Crippen LogP contribution in [0.2, 0.25) is 0 Å². The number of thiazole rings is 1. The highest BCUT2D eigenvalue weighted by molar-refractivity contribution is 7.18. The minimum atomic E-state index is -0.371. The van der Waals surface area contributed by atoms with Gasteiger partial charge in [0.25, 0.3) is 5.91 Å². The molecule has 26 heavy (non-hydrogen) atoms. The number of nitrogens with zero attached hydrogens (tertiary/aromatic N) is 2. The molecule has 0 N–H and O–H groups in total. The van der Waals surface area contributed by atoms with Crippen LogP contribution in [0.5, 0.6) is 5.75 Å². The average molecular weight is 370 g/mol. The quantitative estimate of drug-likeness (QED) is 0.691. The van der Waals surface area contributed by atoms with E-state index in [0.717, 1.165) is 29.9 Å². The summed E-state index contributed by atoms with van der Waals surface area (Å²) >= 11 is 1.71. The second-order valence-electron chi connectivity index (χ2n) is 6.44. The van der Waals surface area contributed by atoms with Gasteiger partial charge in [-0.3, -0.25) is 4.79 Å². The van der Waals surface area contributed by atoms with E-state index in [1.807, 2.05) is 23.1 Å². The Labute approximate surface area is 155 Å². The number of aromatic nitrogens is 1. The Hall–Kier alpha value is -2.47. The van der Waals surface area contributed by atoms with E-state index in [2.05, 4.69) is 6.07 Å². The molecule has 0 radical (unpaired) electrons. The Morgan fingerprint density at radius 2 is 2.15 bits per heavy atom. The standard InChI is InChI=1S/C20H19FN2O2S/c21-15-6-3-7-16(11-15)25-13-19(24)23-10-4-5-14(12-23)20-22-17-8-1-2-9-18(17)26-20/h1-3,6-9,11,14H,4-5,10,12-13H2/t14-/m1/s1. The topological polar surface area (TPSA) is 42.4 Å². The number of piperidine rings is 1. The van der Waals surface area contributed by atoms with Gasteiger partial charge in [-0.15, -0.1) is 11.3 Å². The van der Waals surface area contributed by atoms with Crippen molar-refractivity contribution in [1.82, 2.24) is 9.88 Å². The van der Waals surface area contributed by atoms with Crippen molar-refractivity contribution in [1.29, 1.82) is 0 Å². The fourth-order valence-corrected chi connectivity index (χ4v) is 4.36. The van der Waals surface area contributed by atoms with Gasteiger partial charge in [0.05, 0.1) is 15.2 Å². The van der Waals surface area contributed by atoms with Crippen LogP contribution in [0.15, 0.2) is 48.5 Å². The van der Waals surface area contributed by atoms with E-state index >= 15 is 0 Å². The first kappa shape index (κ1) is 17.0. The van der Waals surface area contributed by atoms with Gasteiger partial charge in [0.2, 0.25) is 0 Å². The number of benzene rings is 2. The molecule has 0 spiro atoms. The molecule has 6 heteroatoms.